The van der Waals surface area contributed by atoms with Crippen LogP contribution in [0.3, 0.4) is 0 Å². The third-order valence-electron chi connectivity index (χ3n) is 6.35. The first-order valence-electron chi connectivity index (χ1n) is 11.7. The molecule has 5 rings (SSSR count). The lowest BCUT2D eigenvalue weighted by Gasteiger charge is -2.34. The van der Waals surface area contributed by atoms with Crippen molar-refractivity contribution in [1.29, 1.82) is 0 Å². The van der Waals surface area contributed by atoms with Crippen molar-refractivity contribution >= 4 is 28.0 Å². The van der Waals surface area contributed by atoms with Crippen molar-refractivity contribution < 1.29 is 9.59 Å². The van der Waals surface area contributed by atoms with Gasteiger partial charge in [0.25, 0.3) is 5.56 Å². The van der Waals surface area contributed by atoms with Crippen LogP contribution in [0.5, 0.6) is 0 Å². The van der Waals surface area contributed by atoms with Gasteiger partial charge in [-0.05, 0) is 11.1 Å². The molecule has 0 bridgehead atoms. The molecule has 2 aromatic carbocycles. The minimum atomic E-state index is -0.0700. The minimum absolute atomic E-state index is 0.00952. The number of ketones is 1. The molecule has 178 valence electrons. The van der Waals surface area contributed by atoms with Gasteiger partial charge in [0, 0.05) is 68.8 Å². The maximum Gasteiger partial charge on any atom is 0.258 e. The van der Waals surface area contributed by atoms with E-state index in [0.29, 0.717) is 43.2 Å². The first-order valence-corrected chi connectivity index (χ1v) is 12.6. The van der Waals surface area contributed by atoms with E-state index in [0.717, 1.165) is 16.8 Å². The lowest BCUT2D eigenvalue weighted by atomic mass is 10.0. The molecule has 0 unspecified atom stereocenters. The quantitative estimate of drug-likeness (QED) is 0.372. The van der Waals surface area contributed by atoms with E-state index in [9.17, 15) is 14.4 Å². The highest BCUT2D eigenvalue weighted by Crippen LogP contribution is 2.20. The second kappa shape index (κ2) is 10.3. The van der Waals surface area contributed by atoms with E-state index in [1.807, 2.05) is 64.9 Å². The topological polar surface area (TPSA) is 75.0 Å². The van der Waals surface area contributed by atoms with Crippen molar-refractivity contribution in [2.24, 2.45) is 0 Å². The van der Waals surface area contributed by atoms with Crippen LogP contribution in [0, 0.1) is 0 Å². The first-order chi connectivity index (χ1) is 17.1. The van der Waals surface area contributed by atoms with Gasteiger partial charge in [0.2, 0.25) is 5.91 Å². The molecular formula is C27H26N4O3S. The molecule has 35 heavy (non-hydrogen) atoms. The Bertz CT molecular complexity index is 1390. The van der Waals surface area contributed by atoms with E-state index in [1.165, 1.54) is 11.3 Å². The van der Waals surface area contributed by atoms with Crippen LogP contribution in [0.2, 0.25) is 0 Å². The van der Waals surface area contributed by atoms with Gasteiger partial charge in [-0.3, -0.25) is 23.7 Å². The number of carbonyl (C=O) groups is 2. The molecule has 0 aliphatic carbocycles. The predicted octanol–water partition coefficient (Wildman–Crippen LogP) is 3.73. The molecule has 0 radical (unpaired) electrons. The van der Waals surface area contributed by atoms with Gasteiger partial charge >= 0.3 is 0 Å². The summed E-state index contributed by atoms with van der Waals surface area (Å²) in [7, 11) is 0. The highest BCUT2D eigenvalue weighted by atomic mass is 32.1. The lowest BCUT2D eigenvalue weighted by molar-refractivity contribution is -0.133. The van der Waals surface area contributed by atoms with E-state index in [2.05, 4.69) is 9.88 Å². The molecule has 1 aliphatic heterocycles. The summed E-state index contributed by atoms with van der Waals surface area (Å²) in [4.78, 5) is 46.8. The van der Waals surface area contributed by atoms with E-state index < -0.39 is 0 Å². The van der Waals surface area contributed by atoms with Gasteiger partial charge in [0.15, 0.2) is 10.7 Å². The number of fused-ring (bicyclic) bond motifs is 1. The third-order valence-corrected chi connectivity index (χ3v) is 7.10. The number of nitrogens with zero attached hydrogens (tertiary/aromatic N) is 4. The van der Waals surface area contributed by atoms with Crippen LogP contribution in [0.4, 0.5) is 0 Å². The lowest BCUT2D eigenvalue weighted by Crippen LogP contribution is -2.48. The Labute approximate surface area is 207 Å². The van der Waals surface area contributed by atoms with Gasteiger partial charge in [-0.25, -0.2) is 4.98 Å². The van der Waals surface area contributed by atoms with Crippen molar-refractivity contribution in [3.05, 3.63) is 93.9 Å². The molecule has 3 heterocycles. The van der Waals surface area contributed by atoms with Gasteiger partial charge < -0.3 is 4.90 Å². The number of hydrogen-bond donors (Lipinski definition) is 0. The second-order valence-corrected chi connectivity index (χ2v) is 9.54. The van der Waals surface area contributed by atoms with Crippen molar-refractivity contribution in [2.45, 2.75) is 19.4 Å². The van der Waals surface area contributed by atoms with Crippen LogP contribution in [0.1, 0.15) is 28.9 Å². The smallest absolute Gasteiger partial charge is 0.258 e. The number of benzene rings is 2. The number of hydrogen-bond acceptors (Lipinski definition) is 6. The van der Waals surface area contributed by atoms with E-state index in [1.54, 1.807) is 16.7 Å². The predicted molar refractivity (Wildman–Crippen MR) is 137 cm³/mol. The maximum absolute atomic E-state index is 12.7. The maximum atomic E-state index is 12.7. The average Bonchev–Trinajstić information content (AvgIpc) is 3.37. The van der Waals surface area contributed by atoms with Gasteiger partial charge in [-0.2, -0.15) is 0 Å². The fourth-order valence-electron chi connectivity index (χ4n) is 4.36. The Balaban J connectivity index is 1.09. The molecule has 2 aromatic heterocycles. The van der Waals surface area contributed by atoms with Crippen LogP contribution < -0.4 is 5.56 Å². The number of thiazole rings is 1. The van der Waals surface area contributed by atoms with Gasteiger partial charge in [-0.15, -0.1) is 11.3 Å². The molecule has 0 N–H and O–H groups in total. The molecule has 4 aromatic rings. The summed E-state index contributed by atoms with van der Waals surface area (Å²) in [6.45, 7) is 3.24. The summed E-state index contributed by atoms with van der Waals surface area (Å²) in [5.74, 6) is -0.00629. The fourth-order valence-corrected chi connectivity index (χ4v) is 5.09. The Morgan fingerprint density at radius 3 is 2.34 bits per heavy atom. The molecule has 1 aliphatic rings. The molecule has 7 nitrogen and oxygen atoms in total. The Morgan fingerprint density at radius 2 is 1.60 bits per heavy atom. The molecule has 0 saturated carbocycles. The summed E-state index contributed by atoms with van der Waals surface area (Å²) >= 11 is 1.44. The molecule has 1 amide bonds. The Hall–Kier alpha value is -3.62. The second-order valence-electron chi connectivity index (χ2n) is 8.66. The van der Waals surface area contributed by atoms with Gasteiger partial charge in [0.05, 0.1) is 5.69 Å². The van der Waals surface area contributed by atoms with Gasteiger partial charge in [-0.1, -0.05) is 54.6 Å². The van der Waals surface area contributed by atoms with Crippen molar-refractivity contribution in [1.82, 2.24) is 19.2 Å². The van der Waals surface area contributed by atoms with Gasteiger partial charge in [0.1, 0.15) is 0 Å². The van der Waals surface area contributed by atoms with Crippen LogP contribution in [-0.2, 0) is 11.3 Å². The summed E-state index contributed by atoms with van der Waals surface area (Å²) in [6.07, 6.45) is 2.15. The Morgan fingerprint density at radius 1 is 0.886 bits per heavy atom. The largest absolute Gasteiger partial charge is 0.340 e. The zero-order valence-corrected chi connectivity index (χ0v) is 20.1. The number of carbonyl (C=O) groups excluding carboxylic acids is 2. The molecule has 1 fully saturated rings. The monoisotopic (exact) mass is 486 g/mol. The fraction of sp³-hybridized carbons (Fsp3) is 0.259. The number of aromatic nitrogens is 2. The molecule has 8 heteroatoms. The third kappa shape index (κ3) is 5.39. The summed E-state index contributed by atoms with van der Waals surface area (Å²) < 4.78 is 1.55. The standard InChI is InChI=1S/C27H26N4O3S/c32-24(22-8-6-21(7-9-22)20-4-2-1-3-5-20)10-11-25(33)30-14-12-29(13-15-30)19-23-18-26(34)31-16-17-35-27(31)28-23/h1-9,16-18H,10-15,19H2. The zero-order chi connectivity index (χ0) is 24.2. The SMILES string of the molecule is O=C(CCC(=O)N1CCN(Cc2cc(=O)n3ccsc3n2)CC1)c1ccc(-c2ccccc2)cc1. The molecule has 0 spiro atoms. The molecule has 0 atom stereocenters. The van der Waals surface area contributed by atoms with Crippen molar-refractivity contribution in [3.8, 4) is 11.1 Å². The van der Waals surface area contributed by atoms with Crippen LogP contribution >= 0.6 is 11.3 Å². The van der Waals surface area contributed by atoms with Crippen LogP contribution in [-0.4, -0.2) is 57.1 Å². The van der Waals surface area contributed by atoms with E-state index >= 15 is 0 Å². The molecular weight excluding hydrogens is 460 g/mol. The summed E-state index contributed by atoms with van der Waals surface area (Å²) in [6, 6.07) is 19.2. The number of piperazine rings is 1. The first kappa shape index (κ1) is 23.1. The highest BCUT2D eigenvalue weighted by molar-refractivity contribution is 7.15. The zero-order valence-electron chi connectivity index (χ0n) is 19.3. The van der Waals surface area contributed by atoms with Crippen LogP contribution in [0.15, 0.2) is 77.0 Å². The van der Waals surface area contributed by atoms with Crippen molar-refractivity contribution in [2.75, 3.05) is 26.2 Å². The highest BCUT2D eigenvalue weighted by Gasteiger charge is 2.22. The number of Topliss-reactive ketones (excluding diaryl/α,β-unsaturated/α-hetero) is 1. The Kier molecular flexibility index (Phi) is 6.83. The number of amides is 1. The van der Waals surface area contributed by atoms with Crippen LogP contribution in [0.25, 0.3) is 16.1 Å². The summed E-state index contributed by atoms with van der Waals surface area (Å²) in [5.41, 5.74) is 3.48. The van der Waals surface area contributed by atoms with Crippen molar-refractivity contribution in [3.63, 3.8) is 0 Å². The normalized spacial score (nSPS) is 14.3. The number of rotatable bonds is 7. The van der Waals surface area contributed by atoms with E-state index in [-0.39, 0.29) is 30.1 Å². The van der Waals surface area contributed by atoms with E-state index in [4.69, 9.17) is 0 Å². The summed E-state index contributed by atoms with van der Waals surface area (Å²) in [5, 5.41) is 1.85. The minimum Gasteiger partial charge on any atom is -0.340 e. The molecule has 1 saturated heterocycles. The average molecular weight is 487 g/mol.